The fraction of sp³-hybridized carbons (Fsp3) is 0.250. The molecule has 0 aromatic heterocycles. The predicted octanol–water partition coefficient (Wildman–Crippen LogP) is 4.67. The molecule has 2 aromatic carbocycles. The molecule has 22 heavy (non-hydrogen) atoms. The maximum atomic E-state index is 9.11. The van der Waals surface area contributed by atoms with Crippen molar-refractivity contribution < 1.29 is 0 Å². The molecule has 1 aliphatic heterocycles. The first-order valence-electron chi connectivity index (χ1n) is 7.85. The Morgan fingerprint density at radius 3 is 2.05 bits per heavy atom. The average Bonchev–Trinajstić information content (AvgIpc) is 2.59. The van der Waals surface area contributed by atoms with E-state index in [4.69, 9.17) is 5.26 Å². The lowest BCUT2D eigenvalue weighted by molar-refractivity contribution is 0.245. The van der Waals surface area contributed by atoms with E-state index in [-0.39, 0.29) is 6.04 Å². The van der Waals surface area contributed by atoms with Gasteiger partial charge in [-0.25, -0.2) is 0 Å². The largest absolute Gasteiger partial charge is 0.363 e. The maximum absolute atomic E-state index is 9.11. The zero-order chi connectivity index (χ0) is 15.2. The number of hydrogen-bond acceptors (Lipinski definition) is 2. The molecule has 2 aromatic rings. The second-order valence-electron chi connectivity index (χ2n) is 5.64. The van der Waals surface area contributed by atoms with Gasteiger partial charge < -0.3 is 4.90 Å². The van der Waals surface area contributed by atoms with Crippen molar-refractivity contribution in [1.82, 2.24) is 4.90 Å². The summed E-state index contributed by atoms with van der Waals surface area (Å²) in [7, 11) is 0. The van der Waals surface area contributed by atoms with E-state index < -0.39 is 0 Å². The molecule has 2 heteroatoms. The molecule has 110 valence electrons. The molecule has 1 aliphatic rings. The SMILES string of the molecule is N#C/C=C1/CCCCN1C(c1ccccc1)c1ccccc1. The van der Waals surface area contributed by atoms with Crippen LogP contribution in [0.15, 0.2) is 72.4 Å². The summed E-state index contributed by atoms with van der Waals surface area (Å²) in [5, 5.41) is 9.11. The van der Waals surface area contributed by atoms with Crippen LogP contribution in [0.3, 0.4) is 0 Å². The Morgan fingerprint density at radius 2 is 1.50 bits per heavy atom. The monoisotopic (exact) mass is 288 g/mol. The van der Waals surface area contributed by atoms with Gasteiger partial charge in [0.25, 0.3) is 0 Å². The lowest BCUT2D eigenvalue weighted by atomic mass is 9.93. The molecular weight excluding hydrogens is 268 g/mol. The van der Waals surface area contributed by atoms with Crippen molar-refractivity contribution in [3.05, 3.63) is 83.6 Å². The topological polar surface area (TPSA) is 27.0 Å². The van der Waals surface area contributed by atoms with Crippen LogP contribution in [0.25, 0.3) is 0 Å². The van der Waals surface area contributed by atoms with E-state index in [0.717, 1.165) is 18.7 Å². The number of benzene rings is 2. The van der Waals surface area contributed by atoms with Gasteiger partial charge in [0.2, 0.25) is 0 Å². The quantitative estimate of drug-likeness (QED) is 0.767. The Balaban J connectivity index is 2.05. The van der Waals surface area contributed by atoms with Crippen molar-refractivity contribution in [3.8, 4) is 6.07 Å². The lowest BCUT2D eigenvalue weighted by Gasteiger charge is -2.39. The van der Waals surface area contributed by atoms with Gasteiger partial charge >= 0.3 is 0 Å². The van der Waals surface area contributed by atoms with Crippen LogP contribution in [0.4, 0.5) is 0 Å². The molecule has 1 saturated heterocycles. The highest BCUT2D eigenvalue weighted by molar-refractivity contribution is 5.34. The molecule has 0 N–H and O–H groups in total. The number of hydrogen-bond donors (Lipinski definition) is 0. The van der Waals surface area contributed by atoms with E-state index in [1.165, 1.54) is 24.0 Å². The second-order valence-corrected chi connectivity index (χ2v) is 5.64. The standard InChI is InChI=1S/C20H20N2/c21-15-14-19-13-7-8-16-22(19)20(17-9-3-1-4-10-17)18-11-5-2-6-12-18/h1-6,9-12,14,20H,7-8,13,16H2/b19-14-. The van der Waals surface area contributed by atoms with Gasteiger partial charge in [-0.05, 0) is 30.4 Å². The maximum Gasteiger partial charge on any atom is 0.0930 e. The van der Waals surface area contributed by atoms with E-state index >= 15 is 0 Å². The van der Waals surface area contributed by atoms with Gasteiger partial charge in [0.05, 0.1) is 12.1 Å². The van der Waals surface area contributed by atoms with E-state index in [1.807, 2.05) is 12.1 Å². The molecule has 1 heterocycles. The van der Waals surface area contributed by atoms with E-state index in [2.05, 4.69) is 59.5 Å². The van der Waals surface area contributed by atoms with Crippen LogP contribution < -0.4 is 0 Å². The smallest absolute Gasteiger partial charge is 0.0930 e. The molecule has 0 bridgehead atoms. The highest BCUT2D eigenvalue weighted by Crippen LogP contribution is 2.35. The zero-order valence-corrected chi connectivity index (χ0v) is 12.7. The van der Waals surface area contributed by atoms with Crippen LogP contribution in [-0.4, -0.2) is 11.4 Å². The molecule has 0 aliphatic carbocycles. The summed E-state index contributed by atoms with van der Waals surface area (Å²) < 4.78 is 0. The first kappa shape index (κ1) is 14.4. The average molecular weight is 288 g/mol. The van der Waals surface area contributed by atoms with Crippen LogP contribution in [0.2, 0.25) is 0 Å². The van der Waals surface area contributed by atoms with Gasteiger partial charge in [-0.2, -0.15) is 5.26 Å². The fourth-order valence-electron chi connectivity index (χ4n) is 3.22. The number of rotatable bonds is 3. The van der Waals surface area contributed by atoms with Crippen LogP contribution in [-0.2, 0) is 0 Å². The summed E-state index contributed by atoms with van der Waals surface area (Å²) in [6.45, 7) is 1.00. The molecule has 0 saturated carbocycles. The van der Waals surface area contributed by atoms with Crippen LogP contribution >= 0.6 is 0 Å². The molecule has 0 radical (unpaired) electrons. The van der Waals surface area contributed by atoms with E-state index in [1.54, 1.807) is 6.08 Å². The Bertz CT molecular complexity index is 628. The van der Waals surface area contributed by atoms with E-state index in [0.29, 0.717) is 0 Å². The summed E-state index contributed by atoms with van der Waals surface area (Å²) in [5.41, 5.74) is 3.71. The Kier molecular flexibility index (Phi) is 4.56. The molecular formula is C20H20N2. The number of allylic oxidation sites excluding steroid dienone is 2. The minimum atomic E-state index is 0.183. The Labute approximate surface area is 132 Å². The van der Waals surface area contributed by atoms with Crippen molar-refractivity contribution in [3.63, 3.8) is 0 Å². The molecule has 0 unspecified atom stereocenters. The highest BCUT2D eigenvalue weighted by Gasteiger charge is 2.26. The first-order chi connectivity index (χ1) is 10.9. The minimum Gasteiger partial charge on any atom is -0.363 e. The third-order valence-electron chi connectivity index (χ3n) is 4.22. The Hall–Kier alpha value is -2.53. The lowest BCUT2D eigenvalue weighted by Crippen LogP contribution is -2.32. The highest BCUT2D eigenvalue weighted by atomic mass is 15.2. The van der Waals surface area contributed by atoms with Crippen molar-refractivity contribution in [2.45, 2.75) is 25.3 Å². The van der Waals surface area contributed by atoms with Crippen LogP contribution in [0.1, 0.15) is 36.4 Å². The van der Waals surface area contributed by atoms with Gasteiger partial charge in [0.1, 0.15) is 0 Å². The van der Waals surface area contributed by atoms with Gasteiger partial charge in [0.15, 0.2) is 0 Å². The zero-order valence-electron chi connectivity index (χ0n) is 12.7. The number of nitriles is 1. The van der Waals surface area contributed by atoms with Crippen LogP contribution in [0, 0.1) is 11.3 Å². The predicted molar refractivity (Wildman–Crippen MR) is 89.0 cm³/mol. The summed E-state index contributed by atoms with van der Waals surface area (Å²) >= 11 is 0. The van der Waals surface area contributed by atoms with Gasteiger partial charge in [-0.1, -0.05) is 60.7 Å². The number of nitrogens with zero attached hydrogens (tertiary/aromatic N) is 2. The molecule has 0 spiro atoms. The van der Waals surface area contributed by atoms with Gasteiger partial charge in [-0.3, -0.25) is 0 Å². The molecule has 0 atom stereocenters. The van der Waals surface area contributed by atoms with Crippen molar-refractivity contribution in [1.29, 1.82) is 5.26 Å². The summed E-state index contributed by atoms with van der Waals surface area (Å²) in [6.07, 6.45) is 5.06. The normalized spacial score (nSPS) is 16.7. The third-order valence-corrected chi connectivity index (χ3v) is 4.22. The third kappa shape index (κ3) is 3.04. The van der Waals surface area contributed by atoms with Crippen molar-refractivity contribution >= 4 is 0 Å². The van der Waals surface area contributed by atoms with Crippen LogP contribution in [0.5, 0.6) is 0 Å². The molecule has 1 fully saturated rings. The first-order valence-corrected chi connectivity index (χ1v) is 7.85. The fourth-order valence-corrected chi connectivity index (χ4v) is 3.22. The number of piperidine rings is 1. The summed E-state index contributed by atoms with van der Waals surface area (Å²) in [6, 6.07) is 23.6. The van der Waals surface area contributed by atoms with Crippen molar-refractivity contribution in [2.75, 3.05) is 6.54 Å². The number of likely N-dealkylation sites (tertiary alicyclic amines) is 1. The summed E-state index contributed by atoms with van der Waals surface area (Å²) in [5.74, 6) is 0. The summed E-state index contributed by atoms with van der Waals surface area (Å²) in [4.78, 5) is 2.40. The second kappa shape index (κ2) is 6.95. The van der Waals surface area contributed by atoms with Crippen molar-refractivity contribution in [2.24, 2.45) is 0 Å². The Morgan fingerprint density at radius 1 is 0.909 bits per heavy atom. The van der Waals surface area contributed by atoms with Gasteiger partial charge in [0, 0.05) is 18.3 Å². The van der Waals surface area contributed by atoms with E-state index in [9.17, 15) is 0 Å². The molecule has 3 rings (SSSR count). The van der Waals surface area contributed by atoms with Gasteiger partial charge in [-0.15, -0.1) is 0 Å². The minimum absolute atomic E-state index is 0.183. The molecule has 0 amide bonds. The molecule has 2 nitrogen and oxygen atoms in total.